The molecule has 0 saturated heterocycles. The second-order valence-electron chi connectivity index (χ2n) is 7.25. The van der Waals surface area contributed by atoms with Gasteiger partial charge in [-0.1, -0.05) is 54.1 Å². The first-order valence-corrected chi connectivity index (χ1v) is 10.7. The Kier molecular flexibility index (Phi) is 4.69. The summed E-state index contributed by atoms with van der Waals surface area (Å²) in [5.74, 6) is 0.0155. The van der Waals surface area contributed by atoms with Crippen LogP contribution in [0.15, 0.2) is 77.3 Å². The van der Waals surface area contributed by atoms with Gasteiger partial charge >= 0.3 is 0 Å². The minimum atomic E-state index is -0.192. The molecular weight excluding hydrogens is 448 g/mol. The van der Waals surface area contributed by atoms with E-state index in [1.54, 1.807) is 0 Å². The molecule has 0 bridgehead atoms. The number of amides is 1. The zero-order chi connectivity index (χ0) is 20.0. The molecule has 1 aliphatic heterocycles. The van der Waals surface area contributed by atoms with Gasteiger partial charge in [0.2, 0.25) is 0 Å². The van der Waals surface area contributed by atoms with Crippen molar-refractivity contribution in [3.8, 4) is 0 Å². The maximum absolute atomic E-state index is 13.6. The average Bonchev–Trinajstić information content (AvgIpc) is 3.12. The van der Waals surface area contributed by atoms with Crippen LogP contribution in [0.3, 0.4) is 0 Å². The zero-order valence-electron chi connectivity index (χ0n) is 15.5. The maximum Gasteiger partial charge on any atom is 0.255 e. The number of carbonyl (C=O) groups excluding carboxylic acids is 1. The Morgan fingerprint density at radius 1 is 1.00 bits per heavy atom. The molecule has 144 valence electrons. The minimum Gasteiger partial charge on any atom is -0.356 e. The van der Waals surface area contributed by atoms with Crippen LogP contribution < -0.4 is 0 Å². The van der Waals surface area contributed by atoms with E-state index in [4.69, 9.17) is 11.6 Å². The van der Waals surface area contributed by atoms with Gasteiger partial charge in [0.25, 0.3) is 5.91 Å². The molecule has 0 unspecified atom stereocenters. The van der Waals surface area contributed by atoms with Gasteiger partial charge in [-0.2, -0.15) is 0 Å². The van der Waals surface area contributed by atoms with Crippen LogP contribution in [-0.2, 0) is 6.42 Å². The highest BCUT2D eigenvalue weighted by Gasteiger charge is 2.35. The van der Waals surface area contributed by atoms with Gasteiger partial charge < -0.3 is 9.88 Å². The van der Waals surface area contributed by atoms with Crippen LogP contribution in [0.25, 0.3) is 10.9 Å². The molecule has 1 aliphatic rings. The van der Waals surface area contributed by atoms with Crippen molar-refractivity contribution in [1.29, 1.82) is 0 Å². The monoisotopic (exact) mass is 464 g/mol. The summed E-state index contributed by atoms with van der Waals surface area (Å²) in [6.45, 7) is 0.655. The fraction of sp³-hybridized carbons (Fsp3) is 0.125. The molecule has 0 aliphatic carbocycles. The SMILES string of the molecule is O=C(c1ccccc1Br)N1CCc2c([nH]c3ccccc23)[C@H]1c1ccc(Cl)cc1. The smallest absolute Gasteiger partial charge is 0.255 e. The van der Waals surface area contributed by atoms with Crippen LogP contribution in [-0.4, -0.2) is 22.3 Å². The van der Waals surface area contributed by atoms with Crippen LogP contribution in [0, 0.1) is 0 Å². The van der Waals surface area contributed by atoms with Crippen molar-refractivity contribution in [2.45, 2.75) is 12.5 Å². The number of carbonyl (C=O) groups is 1. The third kappa shape index (κ3) is 3.17. The van der Waals surface area contributed by atoms with E-state index >= 15 is 0 Å². The largest absolute Gasteiger partial charge is 0.356 e. The molecule has 1 amide bonds. The number of aromatic amines is 1. The van der Waals surface area contributed by atoms with Crippen LogP contribution in [0.1, 0.15) is 33.2 Å². The number of rotatable bonds is 2. The van der Waals surface area contributed by atoms with Gasteiger partial charge in [-0.15, -0.1) is 0 Å². The lowest BCUT2D eigenvalue weighted by Crippen LogP contribution is -2.40. The van der Waals surface area contributed by atoms with Crippen molar-refractivity contribution in [2.24, 2.45) is 0 Å². The van der Waals surface area contributed by atoms with E-state index in [1.807, 2.05) is 59.5 Å². The van der Waals surface area contributed by atoms with E-state index in [1.165, 1.54) is 10.9 Å². The quantitative estimate of drug-likeness (QED) is 0.367. The molecule has 5 rings (SSSR count). The van der Waals surface area contributed by atoms with Crippen LogP contribution in [0.4, 0.5) is 0 Å². The Labute approximate surface area is 182 Å². The standard InChI is InChI=1S/C24H18BrClN2O/c25-20-7-3-1-6-19(20)24(29)28-14-13-18-17-5-2-4-8-21(17)27-22(18)23(28)15-9-11-16(26)12-10-15/h1-12,23,27H,13-14H2/t23-/m1/s1. The van der Waals surface area contributed by atoms with Crippen molar-refractivity contribution in [2.75, 3.05) is 6.54 Å². The second-order valence-corrected chi connectivity index (χ2v) is 8.54. The van der Waals surface area contributed by atoms with Crippen LogP contribution >= 0.6 is 27.5 Å². The molecule has 4 aromatic rings. The predicted octanol–water partition coefficient (Wildman–Crippen LogP) is 6.37. The second kappa shape index (κ2) is 7.36. The van der Waals surface area contributed by atoms with E-state index in [9.17, 15) is 4.79 Å². The molecule has 0 spiro atoms. The molecule has 0 radical (unpaired) electrons. The first-order chi connectivity index (χ1) is 14.1. The number of H-pyrrole nitrogens is 1. The number of aromatic nitrogens is 1. The zero-order valence-corrected chi connectivity index (χ0v) is 17.9. The Morgan fingerprint density at radius 2 is 1.72 bits per heavy atom. The average molecular weight is 466 g/mol. The Bertz CT molecular complexity index is 1220. The number of nitrogens with zero attached hydrogens (tertiary/aromatic N) is 1. The molecule has 1 N–H and O–H groups in total. The Balaban J connectivity index is 1.68. The van der Waals surface area contributed by atoms with E-state index in [0.29, 0.717) is 17.1 Å². The third-order valence-corrected chi connectivity index (χ3v) is 6.53. The van der Waals surface area contributed by atoms with E-state index in [2.05, 4.69) is 39.1 Å². The predicted molar refractivity (Wildman–Crippen MR) is 120 cm³/mol. The number of hydrogen-bond acceptors (Lipinski definition) is 1. The molecule has 29 heavy (non-hydrogen) atoms. The topological polar surface area (TPSA) is 36.1 Å². The summed E-state index contributed by atoms with van der Waals surface area (Å²) < 4.78 is 0.808. The van der Waals surface area contributed by atoms with Gasteiger partial charge in [0, 0.05) is 32.6 Å². The lowest BCUT2D eigenvalue weighted by molar-refractivity contribution is 0.0691. The van der Waals surface area contributed by atoms with Gasteiger partial charge in [-0.05, 0) is 63.8 Å². The number of hydrogen-bond donors (Lipinski definition) is 1. The fourth-order valence-corrected chi connectivity index (χ4v) is 4.82. The first-order valence-electron chi connectivity index (χ1n) is 9.54. The number of fused-ring (bicyclic) bond motifs is 3. The molecule has 2 heterocycles. The number of para-hydroxylation sites is 1. The van der Waals surface area contributed by atoms with Gasteiger partial charge in [-0.3, -0.25) is 4.79 Å². The summed E-state index contributed by atoms with van der Waals surface area (Å²) in [7, 11) is 0. The fourth-order valence-electron chi connectivity index (χ4n) is 4.24. The third-order valence-electron chi connectivity index (χ3n) is 5.59. The van der Waals surface area contributed by atoms with E-state index in [0.717, 1.165) is 27.7 Å². The number of halogens is 2. The first kappa shape index (κ1) is 18.5. The highest BCUT2D eigenvalue weighted by molar-refractivity contribution is 9.10. The summed E-state index contributed by atoms with van der Waals surface area (Å²) in [5, 5.41) is 1.92. The highest BCUT2D eigenvalue weighted by Crippen LogP contribution is 2.39. The number of benzene rings is 3. The van der Waals surface area contributed by atoms with Crippen molar-refractivity contribution >= 4 is 44.3 Å². The van der Waals surface area contributed by atoms with Crippen molar-refractivity contribution in [3.63, 3.8) is 0 Å². The normalized spacial score (nSPS) is 16.1. The molecular formula is C24H18BrClN2O. The van der Waals surface area contributed by atoms with Crippen LogP contribution in [0.2, 0.25) is 5.02 Å². The van der Waals surface area contributed by atoms with Crippen molar-refractivity contribution in [3.05, 3.63) is 105 Å². The Hall–Kier alpha value is -2.56. The Morgan fingerprint density at radius 3 is 2.52 bits per heavy atom. The van der Waals surface area contributed by atoms with Gasteiger partial charge in [0.05, 0.1) is 11.6 Å². The molecule has 5 heteroatoms. The molecule has 0 saturated carbocycles. The highest BCUT2D eigenvalue weighted by atomic mass is 79.9. The van der Waals surface area contributed by atoms with Gasteiger partial charge in [0.15, 0.2) is 0 Å². The molecule has 1 aromatic heterocycles. The summed E-state index contributed by atoms with van der Waals surface area (Å²) in [4.78, 5) is 19.1. The summed E-state index contributed by atoms with van der Waals surface area (Å²) in [6, 6.07) is 23.5. The summed E-state index contributed by atoms with van der Waals surface area (Å²) >= 11 is 9.67. The lowest BCUT2D eigenvalue weighted by Gasteiger charge is -2.36. The van der Waals surface area contributed by atoms with Gasteiger partial charge in [0.1, 0.15) is 0 Å². The molecule has 1 atom stereocenters. The summed E-state index contributed by atoms with van der Waals surface area (Å²) in [5.41, 5.74) is 5.19. The minimum absolute atomic E-state index is 0.0155. The van der Waals surface area contributed by atoms with Crippen molar-refractivity contribution in [1.82, 2.24) is 9.88 Å². The van der Waals surface area contributed by atoms with E-state index in [-0.39, 0.29) is 11.9 Å². The summed E-state index contributed by atoms with van der Waals surface area (Å²) in [6.07, 6.45) is 0.819. The molecule has 3 nitrogen and oxygen atoms in total. The maximum atomic E-state index is 13.6. The van der Waals surface area contributed by atoms with Crippen molar-refractivity contribution < 1.29 is 4.79 Å². The molecule has 3 aromatic carbocycles. The van der Waals surface area contributed by atoms with Gasteiger partial charge in [-0.25, -0.2) is 0 Å². The van der Waals surface area contributed by atoms with E-state index < -0.39 is 0 Å². The molecule has 0 fully saturated rings. The van der Waals surface area contributed by atoms with Crippen LogP contribution in [0.5, 0.6) is 0 Å². The lowest BCUT2D eigenvalue weighted by atomic mass is 9.91. The number of nitrogens with one attached hydrogen (secondary N) is 1.